The topological polar surface area (TPSA) is 29.5 Å². The molecule has 0 unspecified atom stereocenters. The van der Waals surface area contributed by atoms with Gasteiger partial charge in [-0.2, -0.15) is 0 Å². The number of aliphatic hydroxyl groups is 1. The zero-order chi connectivity index (χ0) is 19.2. The van der Waals surface area contributed by atoms with Crippen LogP contribution in [-0.4, -0.2) is 18.3 Å². The fourth-order valence-electron chi connectivity index (χ4n) is 7.46. The largest absolute Gasteiger partial charge is 0.501 e. The molecule has 5 atom stereocenters. The summed E-state index contributed by atoms with van der Waals surface area (Å²) in [4.78, 5) is 0. The number of methoxy groups -OCH3 is 1. The Bertz CT molecular complexity index is 670. The maximum atomic E-state index is 10.9. The van der Waals surface area contributed by atoms with Crippen LogP contribution in [0, 0.1) is 23.2 Å². The van der Waals surface area contributed by atoms with Gasteiger partial charge in [0.25, 0.3) is 0 Å². The normalized spacial score (nSPS) is 38.4. The molecule has 0 bridgehead atoms. The number of rotatable bonds is 5. The molecular formula is C25H38O2. The van der Waals surface area contributed by atoms with Gasteiger partial charge in [0.05, 0.1) is 19.0 Å². The first-order valence-corrected chi connectivity index (χ1v) is 11.3. The van der Waals surface area contributed by atoms with Gasteiger partial charge in [0.1, 0.15) is 0 Å². The minimum absolute atomic E-state index is 0.0518. The zero-order valence-electron chi connectivity index (χ0n) is 17.7. The van der Waals surface area contributed by atoms with E-state index < -0.39 is 0 Å². The van der Waals surface area contributed by atoms with Crippen molar-refractivity contribution in [2.45, 2.75) is 90.6 Å². The molecule has 0 radical (unpaired) electrons. The second-order valence-electron chi connectivity index (χ2n) is 9.88. The van der Waals surface area contributed by atoms with E-state index >= 15 is 0 Å². The molecule has 0 aromatic carbocycles. The molecule has 0 aromatic heterocycles. The van der Waals surface area contributed by atoms with E-state index in [1.165, 1.54) is 61.9 Å². The van der Waals surface area contributed by atoms with Gasteiger partial charge in [0, 0.05) is 6.42 Å². The standard InChI is InChI=1S/C25H38O2/c1-5-11-25-12-10-19-20(22(25)8-9-24(25)26)7-6-17-15-23(27-4)18(13-16(2)3)14-21(17)19/h19-20,22,24,26H,2,5-15H2,1,3-4H3/t19-,20+,22-,24+,25-/m0/s1. The van der Waals surface area contributed by atoms with Gasteiger partial charge in [-0.05, 0) is 93.5 Å². The van der Waals surface area contributed by atoms with Gasteiger partial charge in [-0.15, -0.1) is 0 Å². The Kier molecular flexibility index (Phi) is 5.31. The lowest BCUT2D eigenvalue weighted by Gasteiger charge is -2.53. The van der Waals surface area contributed by atoms with Gasteiger partial charge < -0.3 is 9.84 Å². The molecule has 27 heavy (non-hydrogen) atoms. The maximum absolute atomic E-state index is 10.9. The Morgan fingerprint density at radius 2 is 2.04 bits per heavy atom. The first-order valence-electron chi connectivity index (χ1n) is 11.3. The van der Waals surface area contributed by atoms with Crippen LogP contribution in [0.5, 0.6) is 0 Å². The van der Waals surface area contributed by atoms with Gasteiger partial charge in [-0.3, -0.25) is 0 Å². The first-order chi connectivity index (χ1) is 13.0. The Morgan fingerprint density at radius 3 is 2.74 bits per heavy atom. The van der Waals surface area contributed by atoms with Crippen molar-refractivity contribution in [3.8, 4) is 0 Å². The lowest BCUT2D eigenvalue weighted by atomic mass is 9.52. The number of hydrogen-bond donors (Lipinski definition) is 1. The minimum atomic E-state index is -0.0518. The molecule has 0 saturated heterocycles. The molecule has 4 aliphatic rings. The quantitative estimate of drug-likeness (QED) is 0.574. The van der Waals surface area contributed by atoms with Gasteiger partial charge in [0.2, 0.25) is 0 Å². The van der Waals surface area contributed by atoms with E-state index in [0.717, 1.165) is 43.4 Å². The van der Waals surface area contributed by atoms with Crippen molar-refractivity contribution < 1.29 is 9.84 Å². The molecule has 150 valence electrons. The fraction of sp³-hybridized carbons (Fsp3) is 0.760. The number of ether oxygens (including phenoxy) is 1. The Labute approximate surface area is 165 Å². The van der Waals surface area contributed by atoms with E-state index in [4.69, 9.17) is 4.74 Å². The van der Waals surface area contributed by atoms with Crippen LogP contribution in [0.1, 0.15) is 84.5 Å². The van der Waals surface area contributed by atoms with E-state index in [2.05, 4.69) is 20.4 Å². The number of allylic oxidation sites excluding steroid dienone is 4. The van der Waals surface area contributed by atoms with E-state index in [1.807, 2.05) is 7.11 Å². The molecule has 0 spiro atoms. The molecule has 1 N–H and O–H groups in total. The van der Waals surface area contributed by atoms with E-state index in [0.29, 0.717) is 0 Å². The van der Waals surface area contributed by atoms with E-state index in [-0.39, 0.29) is 11.5 Å². The van der Waals surface area contributed by atoms with Gasteiger partial charge in [-0.25, -0.2) is 0 Å². The number of hydrogen-bond acceptors (Lipinski definition) is 2. The van der Waals surface area contributed by atoms with E-state index in [9.17, 15) is 5.11 Å². The molecule has 4 aliphatic carbocycles. The second-order valence-corrected chi connectivity index (χ2v) is 9.88. The van der Waals surface area contributed by atoms with Gasteiger partial charge in [0.15, 0.2) is 0 Å². The van der Waals surface area contributed by atoms with Gasteiger partial charge >= 0.3 is 0 Å². The molecule has 0 amide bonds. The molecule has 0 heterocycles. The van der Waals surface area contributed by atoms with Crippen molar-refractivity contribution in [2.24, 2.45) is 23.2 Å². The van der Waals surface area contributed by atoms with Crippen LogP contribution in [0.3, 0.4) is 0 Å². The van der Waals surface area contributed by atoms with Crippen molar-refractivity contribution in [3.63, 3.8) is 0 Å². The summed E-state index contributed by atoms with van der Waals surface area (Å²) in [6.45, 7) is 8.58. The lowest BCUT2D eigenvalue weighted by Crippen LogP contribution is -2.47. The highest BCUT2D eigenvalue weighted by Gasteiger charge is 2.56. The van der Waals surface area contributed by atoms with Gasteiger partial charge in [-0.1, -0.05) is 36.6 Å². The molecular weight excluding hydrogens is 332 g/mol. The molecule has 2 saturated carbocycles. The lowest BCUT2D eigenvalue weighted by molar-refractivity contribution is -0.0511. The SMILES string of the molecule is C=C(C)CC1=C(OC)CC2=C(C1)[C@H]1CC[C@]3(CCC)[C@H](O)CC[C@H]3[C@@H]1CC2. The average Bonchev–Trinajstić information content (AvgIpc) is 2.97. The Balaban J connectivity index is 1.60. The second kappa shape index (κ2) is 7.43. The monoisotopic (exact) mass is 370 g/mol. The highest BCUT2D eigenvalue weighted by molar-refractivity contribution is 5.38. The third-order valence-electron chi connectivity index (χ3n) is 8.44. The zero-order valence-corrected chi connectivity index (χ0v) is 17.7. The highest BCUT2D eigenvalue weighted by atomic mass is 16.5. The van der Waals surface area contributed by atoms with Crippen LogP contribution >= 0.6 is 0 Å². The van der Waals surface area contributed by atoms with Crippen LogP contribution < -0.4 is 0 Å². The summed E-state index contributed by atoms with van der Waals surface area (Å²) in [7, 11) is 1.84. The number of aliphatic hydroxyl groups excluding tert-OH is 1. The molecule has 4 rings (SSSR count). The van der Waals surface area contributed by atoms with Crippen molar-refractivity contribution in [3.05, 3.63) is 34.6 Å². The van der Waals surface area contributed by atoms with Crippen LogP contribution in [0.25, 0.3) is 0 Å². The van der Waals surface area contributed by atoms with Crippen molar-refractivity contribution in [2.75, 3.05) is 7.11 Å². The van der Waals surface area contributed by atoms with Crippen molar-refractivity contribution in [1.82, 2.24) is 0 Å². The summed E-state index contributed by atoms with van der Waals surface area (Å²) in [5, 5.41) is 10.9. The summed E-state index contributed by atoms with van der Waals surface area (Å²) in [5.41, 5.74) is 6.38. The van der Waals surface area contributed by atoms with E-state index in [1.54, 1.807) is 11.1 Å². The van der Waals surface area contributed by atoms with Crippen LogP contribution in [0.15, 0.2) is 34.6 Å². The predicted molar refractivity (Wildman–Crippen MR) is 111 cm³/mol. The first kappa shape index (κ1) is 19.3. The predicted octanol–water partition coefficient (Wildman–Crippen LogP) is 6.32. The molecule has 2 heteroatoms. The summed E-state index contributed by atoms with van der Waals surface area (Å²) in [5.74, 6) is 3.52. The molecule has 2 fully saturated rings. The maximum Gasteiger partial charge on any atom is 0.0994 e. The summed E-state index contributed by atoms with van der Waals surface area (Å²) in [6.07, 6.45) is 12.9. The average molecular weight is 371 g/mol. The van der Waals surface area contributed by atoms with Crippen LogP contribution in [0.2, 0.25) is 0 Å². The fourth-order valence-corrected chi connectivity index (χ4v) is 7.46. The summed E-state index contributed by atoms with van der Waals surface area (Å²) < 4.78 is 5.79. The molecule has 2 nitrogen and oxygen atoms in total. The Morgan fingerprint density at radius 1 is 1.22 bits per heavy atom. The van der Waals surface area contributed by atoms with Crippen LogP contribution in [0.4, 0.5) is 0 Å². The highest BCUT2D eigenvalue weighted by Crippen LogP contribution is 2.63. The summed E-state index contributed by atoms with van der Waals surface area (Å²) in [6, 6.07) is 0. The Hall–Kier alpha value is -1.02. The molecule has 0 aromatic rings. The van der Waals surface area contributed by atoms with Crippen molar-refractivity contribution >= 4 is 0 Å². The third kappa shape index (κ3) is 3.12. The summed E-state index contributed by atoms with van der Waals surface area (Å²) >= 11 is 0. The minimum Gasteiger partial charge on any atom is -0.501 e. The van der Waals surface area contributed by atoms with Crippen LogP contribution in [-0.2, 0) is 4.74 Å². The van der Waals surface area contributed by atoms with Crippen molar-refractivity contribution in [1.29, 1.82) is 0 Å². The smallest absolute Gasteiger partial charge is 0.0994 e. The number of fused-ring (bicyclic) bond motifs is 4. The third-order valence-corrected chi connectivity index (χ3v) is 8.44. The molecule has 0 aliphatic heterocycles.